The van der Waals surface area contributed by atoms with Crippen LogP contribution in [0.5, 0.6) is 0 Å². The largest absolute Gasteiger partial charge is 0.349 e. The molecule has 0 amide bonds. The fourth-order valence-electron chi connectivity index (χ4n) is 2.83. The summed E-state index contributed by atoms with van der Waals surface area (Å²) >= 11 is 1.51. The van der Waals surface area contributed by atoms with Crippen molar-refractivity contribution in [1.29, 1.82) is 0 Å². The zero-order chi connectivity index (χ0) is 14.9. The van der Waals surface area contributed by atoms with Gasteiger partial charge in [-0.1, -0.05) is 25.2 Å². The summed E-state index contributed by atoms with van der Waals surface area (Å²) in [7, 11) is 6.40. The van der Waals surface area contributed by atoms with Crippen molar-refractivity contribution in [1.82, 2.24) is 9.88 Å². The lowest BCUT2D eigenvalue weighted by Gasteiger charge is -2.49. The average Bonchev–Trinajstić information content (AvgIpc) is 2.77. The minimum Gasteiger partial charge on any atom is -0.349 e. The lowest BCUT2D eigenvalue weighted by molar-refractivity contribution is 0.0683. The van der Waals surface area contributed by atoms with E-state index in [1.807, 2.05) is 0 Å². The van der Waals surface area contributed by atoms with Gasteiger partial charge in [-0.05, 0) is 39.3 Å². The highest BCUT2D eigenvalue weighted by Gasteiger charge is 2.40. The molecule has 20 heavy (non-hydrogen) atoms. The molecule has 1 aromatic heterocycles. The van der Waals surface area contributed by atoms with Crippen LogP contribution in [0.15, 0.2) is 0 Å². The van der Waals surface area contributed by atoms with Crippen molar-refractivity contribution in [2.75, 3.05) is 32.6 Å². The number of aldehydes is 1. The second-order valence-electron chi connectivity index (χ2n) is 6.35. The Balaban J connectivity index is 2.17. The normalized spacial score (nSPS) is 17.4. The molecule has 0 aliphatic heterocycles. The van der Waals surface area contributed by atoms with Gasteiger partial charge in [-0.15, -0.1) is 0 Å². The molecule has 112 valence electrons. The molecule has 0 atom stereocenters. The van der Waals surface area contributed by atoms with Crippen LogP contribution in [0.3, 0.4) is 0 Å². The number of anilines is 1. The Kier molecular flexibility index (Phi) is 4.49. The van der Waals surface area contributed by atoms with Gasteiger partial charge in [0.2, 0.25) is 0 Å². The Morgan fingerprint density at radius 3 is 2.35 bits per heavy atom. The predicted molar refractivity (Wildman–Crippen MR) is 85.1 cm³/mol. The van der Waals surface area contributed by atoms with E-state index in [2.05, 4.69) is 49.8 Å². The van der Waals surface area contributed by atoms with Crippen LogP contribution in [-0.4, -0.2) is 49.4 Å². The predicted octanol–water partition coefficient (Wildman–Crippen LogP) is 3.00. The first-order chi connectivity index (χ1) is 9.39. The van der Waals surface area contributed by atoms with E-state index in [9.17, 15) is 4.79 Å². The van der Waals surface area contributed by atoms with Crippen LogP contribution in [-0.2, 0) is 0 Å². The summed E-state index contributed by atoms with van der Waals surface area (Å²) in [6, 6.07) is 0. The average molecular weight is 295 g/mol. The van der Waals surface area contributed by atoms with Crippen LogP contribution in [0.1, 0.15) is 54.4 Å². The molecular weight excluding hydrogens is 270 g/mol. The Hall–Kier alpha value is -0.940. The molecule has 1 heterocycles. The molecule has 1 aliphatic rings. The van der Waals surface area contributed by atoms with Crippen molar-refractivity contribution in [3.8, 4) is 0 Å². The number of hydrogen-bond donors (Lipinski definition) is 0. The lowest BCUT2D eigenvalue weighted by atomic mass is 9.75. The summed E-state index contributed by atoms with van der Waals surface area (Å²) < 4.78 is 0. The molecule has 5 heteroatoms. The first-order valence-corrected chi connectivity index (χ1v) is 8.06. The van der Waals surface area contributed by atoms with E-state index < -0.39 is 0 Å². The van der Waals surface area contributed by atoms with Crippen molar-refractivity contribution in [2.45, 2.75) is 44.6 Å². The summed E-state index contributed by atoms with van der Waals surface area (Å²) in [5.41, 5.74) is 1.21. The number of carbonyl (C=O) groups is 1. The van der Waals surface area contributed by atoms with Crippen LogP contribution < -0.4 is 4.90 Å². The zero-order valence-electron chi connectivity index (χ0n) is 13.1. The van der Waals surface area contributed by atoms with Gasteiger partial charge in [-0.3, -0.25) is 4.79 Å². The van der Waals surface area contributed by atoms with E-state index in [4.69, 9.17) is 0 Å². The quantitative estimate of drug-likeness (QED) is 0.756. The van der Waals surface area contributed by atoms with Crippen LogP contribution in [0.4, 0.5) is 5.13 Å². The zero-order valence-corrected chi connectivity index (χ0v) is 14.0. The second-order valence-corrected chi connectivity index (χ2v) is 7.36. The monoisotopic (exact) mass is 295 g/mol. The molecule has 0 spiro atoms. The van der Waals surface area contributed by atoms with Crippen molar-refractivity contribution in [3.63, 3.8) is 0 Å². The van der Waals surface area contributed by atoms with Gasteiger partial charge in [0.05, 0.1) is 10.6 Å². The highest BCUT2D eigenvalue weighted by atomic mass is 32.1. The van der Waals surface area contributed by atoms with Gasteiger partial charge in [0, 0.05) is 19.1 Å². The third kappa shape index (κ3) is 2.74. The van der Waals surface area contributed by atoms with Gasteiger partial charge in [-0.25, -0.2) is 4.98 Å². The van der Waals surface area contributed by atoms with E-state index in [-0.39, 0.29) is 5.54 Å². The Morgan fingerprint density at radius 1 is 1.35 bits per heavy atom. The molecule has 0 N–H and O–H groups in total. The topological polar surface area (TPSA) is 36.4 Å². The highest BCUT2D eigenvalue weighted by molar-refractivity contribution is 7.17. The van der Waals surface area contributed by atoms with E-state index in [1.165, 1.54) is 30.6 Å². The maximum atomic E-state index is 11.2. The molecule has 0 radical (unpaired) electrons. The maximum absolute atomic E-state index is 11.2. The minimum atomic E-state index is 0.278. The van der Waals surface area contributed by atoms with Crippen LogP contribution >= 0.6 is 11.3 Å². The summed E-state index contributed by atoms with van der Waals surface area (Å²) in [5, 5.41) is 0.962. The Labute approximate surface area is 125 Å². The van der Waals surface area contributed by atoms with E-state index in [0.717, 1.165) is 28.5 Å². The first-order valence-electron chi connectivity index (χ1n) is 7.24. The highest BCUT2D eigenvalue weighted by Crippen LogP contribution is 2.38. The maximum Gasteiger partial charge on any atom is 0.186 e. The van der Waals surface area contributed by atoms with Gasteiger partial charge in [0.15, 0.2) is 11.4 Å². The van der Waals surface area contributed by atoms with Gasteiger partial charge in [0.1, 0.15) is 0 Å². The third-order valence-corrected chi connectivity index (χ3v) is 5.53. The van der Waals surface area contributed by atoms with Gasteiger partial charge in [-0.2, -0.15) is 0 Å². The standard InChI is InChI=1S/C15H25N3OS/c1-11(2)13-12(9-19)20-14(16-13)18(5)10-15(17(3)4)7-6-8-15/h9,11H,6-8,10H2,1-5H3. The van der Waals surface area contributed by atoms with Gasteiger partial charge < -0.3 is 9.80 Å². The first kappa shape index (κ1) is 15.4. The molecule has 4 nitrogen and oxygen atoms in total. The lowest BCUT2D eigenvalue weighted by Crippen LogP contribution is -2.56. The van der Waals surface area contributed by atoms with Gasteiger partial charge in [0.25, 0.3) is 0 Å². The fraction of sp³-hybridized carbons (Fsp3) is 0.733. The number of nitrogens with zero attached hydrogens (tertiary/aromatic N) is 3. The number of thiazole rings is 1. The molecule has 1 saturated carbocycles. The third-order valence-electron chi connectivity index (χ3n) is 4.41. The number of aromatic nitrogens is 1. The van der Waals surface area contributed by atoms with Crippen LogP contribution in [0.25, 0.3) is 0 Å². The van der Waals surface area contributed by atoms with Crippen molar-refractivity contribution in [3.05, 3.63) is 10.6 Å². The molecule has 1 aromatic rings. The van der Waals surface area contributed by atoms with Crippen LogP contribution in [0.2, 0.25) is 0 Å². The second kappa shape index (κ2) is 5.82. The van der Waals surface area contributed by atoms with Crippen molar-refractivity contribution < 1.29 is 4.79 Å². The smallest absolute Gasteiger partial charge is 0.186 e. The molecule has 0 unspecified atom stereocenters. The molecule has 1 fully saturated rings. The SMILES string of the molecule is CC(C)c1nc(N(C)CC2(N(C)C)CCC2)sc1C=O. The number of hydrogen-bond acceptors (Lipinski definition) is 5. The van der Waals surface area contributed by atoms with E-state index >= 15 is 0 Å². The van der Waals surface area contributed by atoms with Crippen molar-refractivity contribution in [2.24, 2.45) is 0 Å². The van der Waals surface area contributed by atoms with Crippen molar-refractivity contribution >= 4 is 22.8 Å². The molecule has 0 aromatic carbocycles. The molecule has 2 rings (SSSR count). The summed E-state index contributed by atoms with van der Waals surface area (Å²) in [5.74, 6) is 0.292. The van der Waals surface area contributed by atoms with E-state index in [1.54, 1.807) is 0 Å². The molecular formula is C15H25N3OS. The summed E-state index contributed by atoms with van der Waals surface area (Å²) in [4.78, 5) is 21.2. The number of carbonyl (C=O) groups excluding carboxylic acids is 1. The fourth-order valence-corrected chi connectivity index (χ4v) is 3.83. The summed E-state index contributed by atoms with van der Waals surface area (Å²) in [6.07, 6.45) is 4.73. The van der Waals surface area contributed by atoms with Gasteiger partial charge >= 0.3 is 0 Å². The summed E-state index contributed by atoms with van der Waals surface area (Å²) in [6.45, 7) is 5.14. The number of likely N-dealkylation sites (N-methyl/N-ethyl adjacent to an activating group) is 2. The van der Waals surface area contributed by atoms with Crippen LogP contribution in [0, 0.1) is 0 Å². The minimum absolute atomic E-state index is 0.278. The number of rotatable bonds is 6. The molecule has 0 saturated heterocycles. The molecule has 1 aliphatic carbocycles. The van der Waals surface area contributed by atoms with E-state index in [0.29, 0.717) is 5.92 Å². The Morgan fingerprint density at radius 2 is 2.00 bits per heavy atom. The Bertz CT molecular complexity index is 477. The molecule has 0 bridgehead atoms.